The second-order valence-corrected chi connectivity index (χ2v) is 7.59. The number of aromatic nitrogens is 2. The number of hydrogen-bond acceptors (Lipinski definition) is 4. The predicted octanol–water partition coefficient (Wildman–Crippen LogP) is 3.62. The smallest absolute Gasteiger partial charge is 0.219 e. The number of rotatable bonds is 3. The molecule has 1 saturated heterocycles. The fourth-order valence-electron chi connectivity index (χ4n) is 3.11. The number of likely N-dealkylation sites (tertiary alicyclic amines) is 1. The molecule has 0 aromatic carbocycles. The maximum absolute atomic E-state index is 11.5. The number of nitrogens with zero attached hydrogens (tertiary/aromatic N) is 3. The molecule has 2 aromatic heterocycles. The van der Waals surface area contributed by atoms with Crippen molar-refractivity contribution in [2.75, 3.05) is 13.1 Å². The molecule has 0 aliphatic carbocycles. The van der Waals surface area contributed by atoms with Crippen molar-refractivity contribution in [3.63, 3.8) is 0 Å². The van der Waals surface area contributed by atoms with Gasteiger partial charge < -0.3 is 4.90 Å². The Balaban J connectivity index is 1.66. The summed E-state index contributed by atoms with van der Waals surface area (Å²) < 4.78 is 0. The van der Waals surface area contributed by atoms with Gasteiger partial charge in [0.15, 0.2) is 0 Å². The molecular formula is C18H23N3OS. The molecule has 3 rings (SSSR count). The van der Waals surface area contributed by atoms with Crippen molar-refractivity contribution in [1.29, 1.82) is 0 Å². The number of carbonyl (C=O) groups is 1. The highest BCUT2D eigenvalue weighted by molar-refractivity contribution is 7.15. The van der Waals surface area contributed by atoms with Gasteiger partial charge in [-0.3, -0.25) is 9.78 Å². The zero-order valence-corrected chi connectivity index (χ0v) is 14.8. The van der Waals surface area contributed by atoms with Crippen molar-refractivity contribution in [2.45, 2.75) is 40.0 Å². The summed E-state index contributed by atoms with van der Waals surface area (Å²) in [7, 11) is 0. The van der Waals surface area contributed by atoms with E-state index in [0.29, 0.717) is 5.92 Å². The Morgan fingerprint density at radius 2 is 2.22 bits per heavy atom. The first kappa shape index (κ1) is 16.1. The highest BCUT2D eigenvalue weighted by atomic mass is 32.1. The summed E-state index contributed by atoms with van der Waals surface area (Å²) in [5.41, 5.74) is 3.28. The van der Waals surface area contributed by atoms with Gasteiger partial charge >= 0.3 is 0 Å². The third kappa shape index (κ3) is 3.78. The van der Waals surface area contributed by atoms with Crippen LogP contribution in [0.5, 0.6) is 0 Å². The molecular weight excluding hydrogens is 306 g/mol. The Bertz CT molecular complexity index is 673. The van der Waals surface area contributed by atoms with E-state index in [9.17, 15) is 4.79 Å². The van der Waals surface area contributed by atoms with Gasteiger partial charge in [-0.2, -0.15) is 0 Å². The zero-order valence-electron chi connectivity index (χ0n) is 14.0. The van der Waals surface area contributed by atoms with Crippen LogP contribution in [0.15, 0.2) is 18.3 Å². The van der Waals surface area contributed by atoms with Crippen LogP contribution in [0, 0.1) is 19.8 Å². The van der Waals surface area contributed by atoms with Gasteiger partial charge in [-0.05, 0) is 50.7 Å². The van der Waals surface area contributed by atoms with Gasteiger partial charge in [0.2, 0.25) is 5.91 Å². The molecule has 0 N–H and O–H groups in total. The van der Waals surface area contributed by atoms with E-state index in [1.165, 1.54) is 16.9 Å². The molecule has 1 fully saturated rings. The molecule has 4 nitrogen and oxygen atoms in total. The molecule has 0 radical (unpaired) electrons. The van der Waals surface area contributed by atoms with Crippen molar-refractivity contribution in [2.24, 2.45) is 5.92 Å². The molecule has 1 atom stereocenters. The van der Waals surface area contributed by atoms with E-state index in [2.05, 4.69) is 29.0 Å². The van der Waals surface area contributed by atoms with E-state index in [1.807, 2.05) is 18.0 Å². The van der Waals surface area contributed by atoms with Crippen molar-refractivity contribution >= 4 is 17.2 Å². The first-order valence-corrected chi connectivity index (χ1v) is 8.99. The van der Waals surface area contributed by atoms with Crippen LogP contribution in [0.2, 0.25) is 0 Å². The first-order chi connectivity index (χ1) is 11.0. The maximum Gasteiger partial charge on any atom is 0.219 e. The third-order valence-electron chi connectivity index (χ3n) is 4.56. The minimum atomic E-state index is 0.192. The van der Waals surface area contributed by atoms with Crippen molar-refractivity contribution in [3.05, 3.63) is 34.5 Å². The summed E-state index contributed by atoms with van der Waals surface area (Å²) in [5.74, 6) is 0.738. The van der Waals surface area contributed by atoms with Gasteiger partial charge in [-0.15, -0.1) is 11.3 Å². The van der Waals surface area contributed by atoms with E-state index in [0.717, 1.165) is 42.3 Å². The van der Waals surface area contributed by atoms with Crippen molar-refractivity contribution in [1.82, 2.24) is 14.9 Å². The number of piperidine rings is 1. The minimum absolute atomic E-state index is 0.192. The molecule has 122 valence electrons. The molecule has 5 heteroatoms. The molecule has 0 unspecified atom stereocenters. The number of carbonyl (C=O) groups excluding carboxylic acids is 1. The summed E-state index contributed by atoms with van der Waals surface area (Å²) in [5, 5.41) is 0.993. The fraction of sp³-hybridized carbons (Fsp3) is 0.500. The summed E-state index contributed by atoms with van der Waals surface area (Å²) in [6, 6.07) is 4.22. The quantitative estimate of drug-likeness (QED) is 0.864. The van der Waals surface area contributed by atoms with Crippen LogP contribution in [0.3, 0.4) is 0 Å². The van der Waals surface area contributed by atoms with E-state index in [4.69, 9.17) is 0 Å². The Labute approximate surface area is 141 Å². The largest absolute Gasteiger partial charge is 0.343 e. The van der Waals surface area contributed by atoms with Crippen molar-refractivity contribution in [3.8, 4) is 10.7 Å². The Morgan fingerprint density at radius 3 is 2.83 bits per heavy atom. The Hall–Kier alpha value is -1.75. The lowest BCUT2D eigenvalue weighted by molar-refractivity contribution is -0.130. The molecule has 3 heterocycles. The van der Waals surface area contributed by atoms with Crippen LogP contribution in [-0.2, 0) is 11.2 Å². The average molecular weight is 329 g/mol. The van der Waals surface area contributed by atoms with Crippen LogP contribution in [0.1, 0.15) is 35.9 Å². The van der Waals surface area contributed by atoms with Crippen LogP contribution in [0.4, 0.5) is 0 Å². The predicted molar refractivity (Wildman–Crippen MR) is 93.5 cm³/mol. The number of amides is 1. The lowest BCUT2D eigenvalue weighted by Gasteiger charge is -2.32. The highest BCUT2D eigenvalue weighted by Gasteiger charge is 2.21. The SMILES string of the molecule is CC(=O)N1CCC[C@@H](Cc2ccc(-c3nc(C)c(C)s3)nc2)C1. The number of hydrogen-bond donors (Lipinski definition) is 0. The standard InChI is InChI=1S/C18H23N3OS/c1-12-13(2)23-18(20-12)17-7-6-15(10-19-17)9-16-5-4-8-21(11-16)14(3)22/h6-7,10,16H,4-5,8-9,11H2,1-3H3/t16-/m0/s1. The maximum atomic E-state index is 11.5. The summed E-state index contributed by atoms with van der Waals surface area (Å²) in [6.07, 6.45) is 5.25. The molecule has 1 aliphatic rings. The van der Waals surface area contributed by atoms with Gasteiger partial charge in [0.05, 0.1) is 11.4 Å². The van der Waals surface area contributed by atoms with Gasteiger partial charge in [-0.25, -0.2) is 4.98 Å². The highest BCUT2D eigenvalue weighted by Crippen LogP contribution is 2.26. The van der Waals surface area contributed by atoms with E-state index < -0.39 is 0 Å². The number of pyridine rings is 1. The fourth-order valence-corrected chi connectivity index (χ4v) is 4.00. The van der Waals surface area contributed by atoms with E-state index in [-0.39, 0.29) is 5.91 Å². The second-order valence-electron chi connectivity index (χ2n) is 6.39. The topological polar surface area (TPSA) is 46.1 Å². The Kier molecular flexibility index (Phi) is 4.76. The van der Waals surface area contributed by atoms with Gasteiger partial charge in [0, 0.05) is 31.1 Å². The monoisotopic (exact) mass is 329 g/mol. The van der Waals surface area contributed by atoms with E-state index in [1.54, 1.807) is 18.3 Å². The summed E-state index contributed by atoms with van der Waals surface area (Å²) >= 11 is 1.69. The molecule has 0 bridgehead atoms. The lowest BCUT2D eigenvalue weighted by atomic mass is 9.92. The van der Waals surface area contributed by atoms with Crippen molar-refractivity contribution < 1.29 is 4.79 Å². The Morgan fingerprint density at radius 1 is 1.39 bits per heavy atom. The van der Waals surface area contributed by atoms with Gasteiger partial charge in [0.25, 0.3) is 0 Å². The van der Waals surface area contributed by atoms with Crippen LogP contribution < -0.4 is 0 Å². The molecule has 2 aromatic rings. The molecule has 1 aliphatic heterocycles. The lowest BCUT2D eigenvalue weighted by Crippen LogP contribution is -2.39. The van der Waals surface area contributed by atoms with E-state index >= 15 is 0 Å². The van der Waals surface area contributed by atoms with Crippen LogP contribution in [-0.4, -0.2) is 33.9 Å². The molecule has 0 saturated carbocycles. The summed E-state index contributed by atoms with van der Waals surface area (Å²) in [6.45, 7) is 7.58. The van der Waals surface area contributed by atoms with Crippen LogP contribution >= 0.6 is 11.3 Å². The number of aryl methyl sites for hydroxylation is 2. The van der Waals surface area contributed by atoms with Crippen LogP contribution in [0.25, 0.3) is 10.7 Å². The minimum Gasteiger partial charge on any atom is -0.343 e. The number of thiazole rings is 1. The normalized spacial score (nSPS) is 18.2. The zero-order chi connectivity index (χ0) is 16.4. The second kappa shape index (κ2) is 6.79. The summed E-state index contributed by atoms with van der Waals surface area (Å²) in [4.78, 5) is 23.9. The first-order valence-electron chi connectivity index (χ1n) is 8.18. The molecule has 1 amide bonds. The molecule has 23 heavy (non-hydrogen) atoms. The third-order valence-corrected chi connectivity index (χ3v) is 5.66. The molecule has 0 spiro atoms. The van der Waals surface area contributed by atoms with Gasteiger partial charge in [0.1, 0.15) is 5.01 Å². The average Bonchev–Trinajstić information content (AvgIpc) is 2.88. The van der Waals surface area contributed by atoms with Gasteiger partial charge in [-0.1, -0.05) is 6.07 Å².